The predicted octanol–water partition coefficient (Wildman–Crippen LogP) is 1.72. The number of benzene rings is 1. The monoisotopic (exact) mass is 247 g/mol. The van der Waals surface area contributed by atoms with E-state index in [9.17, 15) is 9.18 Å². The topological polar surface area (TPSA) is 60.0 Å². The number of nitrogens with two attached hydrogens (primary N) is 1. The second kappa shape index (κ2) is 5.46. The number of aromatic nitrogens is 1. The van der Waals surface area contributed by atoms with Crippen molar-refractivity contribution in [2.75, 3.05) is 5.32 Å². The highest BCUT2D eigenvalue weighted by Gasteiger charge is 2.06. The molecule has 0 fully saturated rings. The Hall–Kier alpha value is -2.14. The van der Waals surface area contributed by atoms with E-state index in [2.05, 4.69) is 5.32 Å². The lowest BCUT2D eigenvalue weighted by Crippen LogP contribution is -2.20. The minimum Gasteiger partial charge on any atom is -0.341 e. The molecule has 0 atom stereocenters. The predicted molar refractivity (Wildman–Crippen MR) is 67.4 cm³/mol. The van der Waals surface area contributed by atoms with Gasteiger partial charge in [-0.3, -0.25) is 4.79 Å². The number of halogens is 1. The lowest BCUT2D eigenvalue weighted by atomic mass is 10.3. The number of rotatable bonds is 4. The van der Waals surface area contributed by atoms with E-state index in [0.29, 0.717) is 12.2 Å². The molecule has 0 saturated carbocycles. The molecule has 0 aliphatic carbocycles. The van der Waals surface area contributed by atoms with Gasteiger partial charge >= 0.3 is 0 Å². The van der Waals surface area contributed by atoms with Crippen LogP contribution in [-0.4, -0.2) is 10.5 Å². The molecule has 5 heteroatoms. The third-order valence-corrected chi connectivity index (χ3v) is 2.57. The molecular weight excluding hydrogens is 233 g/mol. The molecule has 1 amide bonds. The summed E-state index contributed by atoms with van der Waals surface area (Å²) in [5, 5.41) is 2.69. The number of nitrogens with zero attached hydrogens (tertiary/aromatic N) is 1. The van der Waals surface area contributed by atoms with Crippen molar-refractivity contribution >= 4 is 11.6 Å². The third kappa shape index (κ3) is 2.95. The first-order valence-corrected chi connectivity index (χ1v) is 5.58. The summed E-state index contributed by atoms with van der Waals surface area (Å²) in [6.07, 6.45) is 1.80. The molecule has 0 bridgehead atoms. The summed E-state index contributed by atoms with van der Waals surface area (Å²) in [4.78, 5) is 11.8. The SMILES string of the molecule is NCc1cccn1CC(=O)Nc1ccc(F)cc1. The highest BCUT2D eigenvalue weighted by Crippen LogP contribution is 2.09. The molecule has 0 aliphatic rings. The maximum absolute atomic E-state index is 12.7. The van der Waals surface area contributed by atoms with Crippen LogP contribution in [0.15, 0.2) is 42.6 Å². The lowest BCUT2D eigenvalue weighted by Gasteiger charge is -2.08. The fraction of sp³-hybridized carbons (Fsp3) is 0.154. The van der Waals surface area contributed by atoms with Crippen molar-refractivity contribution in [2.45, 2.75) is 13.1 Å². The zero-order valence-corrected chi connectivity index (χ0v) is 9.77. The van der Waals surface area contributed by atoms with Gasteiger partial charge in [0.25, 0.3) is 0 Å². The molecule has 0 spiro atoms. The van der Waals surface area contributed by atoms with Gasteiger partial charge in [-0.25, -0.2) is 4.39 Å². The van der Waals surface area contributed by atoms with E-state index in [1.165, 1.54) is 24.3 Å². The van der Waals surface area contributed by atoms with Crippen LogP contribution in [0.3, 0.4) is 0 Å². The van der Waals surface area contributed by atoms with Crippen molar-refractivity contribution < 1.29 is 9.18 Å². The van der Waals surface area contributed by atoms with Gasteiger partial charge in [-0.15, -0.1) is 0 Å². The van der Waals surface area contributed by atoms with E-state index >= 15 is 0 Å². The number of carbonyl (C=O) groups excluding carboxylic acids is 1. The Morgan fingerprint density at radius 3 is 2.67 bits per heavy atom. The van der Waals surface area contributed by atoms with Crippen molar-refractivity contribution in [3.05, 3.63) is 54.1 Å². The largest absolute Gasteiger partial charge is 0.341 e. The molecule has 1 heterocycles. The summed E-state index contributed by atoms with van der Waals surface area (Å²) in [6, 6.07) is 9.35. The van der Waals surface area contributed by atoms with Gasteiger partial charge in [-0.2, -0.15) is 0 Å². The fourth-order valence-corrected chi connectivity index (χ4v) is 1.68. The molecule has 4 nitrogen and oxygen atoms in total. The molecule has 94 valence electrons. The van der Waals surface area contributed by atoms with E-state index < -0.39 is 0 Å². The zero-order chi connectivity index (χ0) is 13.0. The first-order chi connectivity index (χ1) is 8.69. The first kappa shape index (κ1) is 12.3. The first-order valence-electron chi connectivity index (χ1n) is 5.58. The smallest absolute Gasteiger partial charge is 0.244 e. The molecule has 0 saturated heterocycles. The quantitative estimate of drug-likeness (QED) is 0.864. The Morgan fingerprint density at radius 1 is 1.28 bits per heavy atom. The summed E-state index contributed by atoms with van der Waals surface area (Å²) in [6.45, 7) is 0.577. The van der Waals surface area contributed by atoms with Gasteiger partial charge in [0.15, 0.2) is 0 Å². The normalized spacial score (nSPS) is 10.3. The van der Waals surface area contributed by atoms with Crippen LogP contribution in [0.5, 0.6) is 0 Å². The number of nitrogens with one attached hydrogen (secondary N) is 1. The highest BCUT2D eigenvalue weighted by atomic mass is 19.1. The van der Waals surface area contributed by atoms with Gasteiger partial charge in [-0.05, 0) is 36.4 Å². The van der Waals surface area contributed by atoms with Crippen LogP contribution in [0, 0.1) is 5.82 Å². The number of anilines is 1. The molecule has 2 rings (SSSR count). The molecule has 0 radical (unpaired) electrons. The van der Waals surface area contributed by atoms with Crippen LogP contribution in [0.1, 0.15) is 5.69 Å². The van der Waals surface area contributed by atoms with Crippen molar-refractivity contribution in [1.29, 1.82) is 0 Å². The van der Waals surface area contributed by atoms with Crippen LogP contribution in [-0.2, 0) is 17.9 Å². The second-order valence-corrected chi connectivity index (χ2v) is 3.89. The average molecular weight is 247 g/mol. The minimum atomic E-state index is -0.330. The number of carbonyl (C=O) groups is 1. The van der Waals surface area contributed by atoms with E-state index in [0.717, 1.165) is 5.69 Å². The second-order valence-electron chi connectivity index (χ2n) is 3.89. The Kier molecular flexibility index (Phi) is 3.74. The zero-order valence-electron chi connectivity index (χ0n) is 9.77. The van der Waals surface area contributed by atoms with Crippen LogP contribution in [0.25, 0.3) is 0 Å². The molecule has 0 aliphatic heterocycles. The summed E-state index contributed by atoms with van der Waals surface area (Å²) in [5.74, 6) is -0.503. The number of hydrogen-bond acceptors (Lipinski definition) is 2. The molecular formula is C13H14FN3O. The lowest BCUT2D eigenvalue weighted by molar-refractivity contribution is -0.116. The number of amides is 1. The van der Waals surface area contributed by atoms with Crippen molar-refractivity contribution in [3.63, 3.8) is 0 Å². The fourth-order valence-electron chi connectivity index (χ4n) is 1.68. The van der Waals surface area contributed by atoms with Gasteiger partial charge < -0.3 is 15.6 Å². The van der Waals surface area contributed by atoms with E-state index in [1.54, 1.807) is 10.8 Å². The van der Waals surface area contributed by atoms with Crippen LogP contribution in [0.4, 0.5) is 10.1 Å². The maximum atomic E-state index is 12.7. The Balaban J connectivity index is 1.99. The Morgan fingerprint density at radius 2 is 2.00 bits per heavy atom. The molecule has 18 heavy (non-hydrogen) atoms. The minimum absolute atomic E-state index is 0.174. The van der Waals surface area contributed by atoms with E-state index in [4.69, 9.17) is 5.73 Å². The molecule has 2 aromatic rings. The number of hydrogen-bond donors (Lipinski definition) is 2. The standard InChI is InChI=1S/C13H14FN3O/c14-10-3-5-11(6-4-10)16-13(18)9-17-7-1-2-12(17)8-15/h1-7H,8-9,15H2,(H,16,18). The Labute approximate surface area is 104 Å². The van der Waals surface area contributed by atoms with Gasteiger partial charge in [0.2, 0.25) is 5.91 Å². The summed E-state index contributed by atoms with van der Waals surface area (Å²) < 4.78 is 14.5. The van der Waals surface area contributed by atoms with Gasteiger partial charge in [-0.1, -0.05) is 0 Å². The summed E-state index contributed by atoms with van der Waals surface area (Å²) >= 11 is 0. The molecule has 1 aromatic heterocycles. The Bertz CT molecular complexity index is 533. The third-order valence-electron chi connectivity index (χ3n) is 2.57. The highest BCUT2D eigenvalue weighted by molar-refractivity contribution is 5.90. The van der Waals surface area contributed by atoms with Crippen LogP contribution in [0.2, 0.25) is 0 Å². The van der Waals surface area contributed by atoms with Crippen LogP contribution >= 0.6 is 0 Å². The summed E-state index contributed by atoms with van der Waals surface area (Å²) in [5.41, 5.74) is 7.01. The van der Waals surface area contributed by atoms with Crippen LogP contribution < -0.4 is 11.1 Å². The van der Waals surface area contributed by atoms with E-state index in [1.807, 2.05) is 12.1 Å². The van der Waals surface area contributed by atoms with E-state index in [-0.39, 0.29) is 18.3 Å². The molecule has 3 N–H and O–H groups in total. The van der Waals surface area contributed by atoms with Gasteiger partial charge in [0.1, 0.15) is 12.4 Å². The van der Waals surface area contributed by atoms with Gasteiger partial charge in [0.05, 0.1) is 0 Å². The van der Waals surface area contributed by atoms with Crippen molar-refractivity contribution in [3.8, 4) is 0 Å². The molecule has 0 unspecified atom stereocenters. The summed E-state index contributed by atoms with van der Waals surface area (Å²) in [7, 11) is 0. The maximum Gasteiger partial charge on any atom is 0.244 e. The van der Waals surface area contributed by atoms with Crippen molar-refractivity contribution in [1.82, 2.24) is 4.57 Å². The van der Waals surface area contributed by atoms with Crippen molar-refractivity contribution in [2.24, 2.45) is 5.73 Å². The molecule has 1 aromatic carbocycles. The average Bonchev–Trinajstić information content (AvgIpc) is 2.79. The van der Waals surface area contributed by atoms with Gasteiger partial charge in [0, 0.05) is 24.1 Å².